The molecule has 0 aromatic heterocycles. The van der Waals surface area contributed by atoms with Crippen molar-refractivity contribution in [2.45, 2.75) is 46.1 Å². The number of nitrogens with one attached hydrogen (secondary N) is 1. The minimum atomic E-state index is 0.470. The maximum Gasteiger partial charge on any atom is 0.0174 e. The predicted octanol–water partition coefficient (Wildman–Crippen LogP) is 4.63. The molecule has 0 aliphatic heterocycles. The van der Waals surface area contributed by atoms with Gasteiger partial charge in [0.05, 0.1) is 0 Å². The molecule has 1 heteroatoms. The van der Waals surface area contributed by atoms with Gasteiger partial charge in [0.25, 0.3) is 0 Å². The number of hydrogen-bond donors (Lipinski definition) is 1. The first-order valence-electron chi connectivity index (χ1n) is 7.97. The van der Waals surface area contributed by atoms with Gasteiger partial charge >= 0.3 is 0 Å². The summed E-state index contributed by atoms with van der Waals surface area (Å²) >= 11 is 0. The molecular formula is C20H27N. The molecule has 112 valence electrons. The fourth-order valence-corrected chi connectivity index (χ4v) is 3.07. The normalized spacial score (nSPS) is 13.9. The topological polar surface area (TPSA) is 12.0 Å². The molecule has 0 fully saturated rings. The van der Waals surface area contributed by atoms with Crippen LogP contribution >= 0.6 is 0 Å². The summed E-state index contributed by atoms with van der Waals surface area (Å²) in [7, 11) is 0. The summed E-state index contributed by atoms with van der Waals surface area (Å²) < 4.78 is 0. The van der Waals surface area contributed by atoms with Crippen molar-refractivity contribution in [3.63, 3.8) is 0 Å². The lowest BCUT2D eigenvalue weighted by Gasteiger charge is -2.27. The molecule has 0 spiro atoms. The van der Waals surface area contributed by atoms with Gasteiger partial charge in [-0.3, -0.25) is 0 Å². The van der Waals surface area contributed by atoms with Crippen molar-refractivity contribution in [3.05, 3.63) is 70.8 Å². The Kier molecular flexibility index (Phi) is 5.58. The zero-order valence-corrected chi connectivity index (χ0v) is 13.7. The van der Waals surface area contributed by atoms with Gasteiger partial charge < -0.3 is 5.32 Å². The third kappa shape index (κ3) is 3.95. The molecular weight excluding hydrogens is 254 g/mol. The second kappa shape index (κ2) is 7.42. The van der Waals surface area contributed by atoms with Gasteiger partial charge in [-0.25, -0.2) is 0 Å². The summed E-state index contributed by atoms with van der Waals surface area (Å²) in [5, 5.41) is 3.68. The van der Waals surface area contributed by atoms with E-state index in [4.69, 9.17) is 0 Å². The number of likely N-dealkylation sites (N-methyl/N-ethyl adjacent to an activating group) is 1. The van der Waals surface area contributed by atoms with E-state index in [1.54, 1.807) is 0 Å². The zero-order valence-electron chi connectivity index (χ0n) is 13.7. The van der Waals surface area contributed by atoms with Crippen LogP contribution in [0.15, 0.2) is 48.5 Å². The van der Waals surface area contributed by atoms with Crippen molar-refractivity contribution in [1.82, 2.24) is 5.32 Å². The molecule has 1 N–H and O–H groups in total. The highest BCUT2D eigenvalue weighted by Gasteiger charge is 2.19. The molecule has 2 unspecified atom stereocenters. The van der Waals surface area contributed by atoms with Crippen LogP contribution in [0.3, 0.4) is 0 Å². The van der Waals surface area contributed by atoms with Gasteiger partial charge in [0.15, 0.2) is 0 Å². The Morgan fingerprint density at radius 1 is 0.905 bits per heavy atom. The smallest absolute Gasteiger partial charge is 0.0174 e. The number of hydrogen-bond acceptors (Lipinski definition) is 1. The van der Waals surface area contributed by atoms with E-state index >= 15 is 0 Å². The van der Waals surface area contributed by atoms with E-state index in [2.05, 4.69) is 81.5 Å². The summed E-state index contributed by atoms with van der Waals surface area (Å²) in [5.74, 6) is 0.505. The minimum absolute atomic E-state index is 0.470. The molecule has 0 saturated carbocycles. The molecule has 21 heavy (non-hydrogen) atoms. The second-order valence-corrected chi connectivity index (χ2v) is 5.94. The van der Waals surface area contributed by atoms with Crippen molar-refractivity contribution in [3.8, 4) is 0 Å². The first-order chi connectivity index (χ1) is 10.1. The van der Waals surface area contributed by atoms with Gasteiger partial charge in [0.1, 0.15) is 0 Å². The van der Waals surface area contributed by atoms with Crippen LogP contribution in [0.4, 0.5) is 0 Å². The van der Waals surface area contributed by atoms with Crippen LogP contribution in [0.25, 0.3) is 0 Å². The van der Waals surface area contributed by atoms with E-state index < -0.39 is 0 Å². The van der Waals surface area contributed by atoms with Crippen LogP contribution in [0.2, 0.25) is 0 Å². The summed E-state index contributed by atoms with van der Waals surface area (Å²) in [6, 6.07) is 17.9. The summed E-state index contributed by atoms with van der Waals surface area (Å²) in [5.41, 5.74) is 5.71. The maximum absolute atomic E-state index is 3.68. The Hall–Kier alpha value is -1.60. The molecule has 0 aliphatic rings. The molecule has 0 heterocycles. The van der Waals surface area contributed by atoms with Crippen molar-refractivity contribution in [2.24, 2.45) is 0 Å². The van der Waals surface area contributed by atoms with E-state index in [1.165, 1.54) is 22.3 Å². The van der Waals surface area contributed by atoms with Crippen LogP contribution in [-0.4, -0.2) is 12.6 Å². The van der Waals surface area contributed by atoms with Crippen LogP contribution in [-0.2, 0) is 6.42 Å². The van der Waals surface area contributed by atoms with E-state index in [0.29, 0.717) is 12.0 Å². The van der Waals surface area contributed by atoms with Crippen LogP contribution < -0.4 is 5.32 Å². The Morgan fingerprint density at radius 2 is 1.52 bits per heavy atom. The fourth-order valence-electron chi connectivity index (χ4n) is 3.07. The lowest BCUT2D eigenvalue weighted by Crippen LogP contribution is -2.36. The molecule has 0 amide bonds. The molecule has 0 saturated heterocycles. The zero-order chi connectivity index (χ0) is 15.2. The van der Waals surface area contributed by atoms with Gasteiger partial charge in [-0.1, -0.05) is 62.4 Å². The van der Waals surface area contributed by atoms with Crippen LogP contribution in [0.1, 0.15) is 42.0 Å². The average Bonchev–Trinajstić information content (AvgIpc) is 2.50. The minimum Gasteiger partial charge on any atom is -0.313 e. The average molecular weight is 281 g/mol. The van der Waals surface area contributed by atoms with Crippen molar-refractivity contribution in [2.75, 3.05) is 6.54 Å². The lowest BCUT2D eigenvalue weighted by atomic mass is 9.86. The van der Waals surface area contributed by atoms with Gasteiger partial charge in [0.2, 0.25) is 0 Å². The van der Waals surface area contributed by atoms with E-state index in [-0.39, 0.29) is 0 Å². The lowest BCUT2D eigenvalue weighted by molar-refractivity contribution is 0.456. The standard InChI is InChI=1S/C20H27N/c1-5-21-20(17(4)18-12-7-6-8-13-18)14-19-15(2)10-9-11-16(19)3/h6-13,17,20-21H,5,14H2,1-4H3. The van der Waals surface area contributed by atoms with Gasteiger partial charge in [-0.15, -0.1) is 0 Å². The highest BCUT2D eigenvalue weighted by Crippen LogP contribution is 2.24. The summed E-state index contributed by atoms with van der Waals surface area (Å²) in [6.07, 6.45) is 1.09. The highest BCUT2D eigenvalue weighted by molar-refractivity contribution is 5.35. The van der Waals surface area contributed by atoms with E-state index in [9.17, 15) is 0 Å². The Morgan fingerprint density at radius 3 is 2.10 bits per heavy atom. The number of benzene rings is 2. The first kappa shape index (κ1) is 15.8. The van der Waals surface area contributed by atoms with E-state index in [0.717, 1.165) is 13.0 Å². The van der Waals surface area contributed by atoms with Crippen LogP contribution in [0, 0.1) is 13.8 Å². The number of aryl methyl sites for hydroxylation is 2. The van der Waals surface area contributed by atoms with Gasteiger partial charge in [0, 0.05) is 6.04 Å². The fraction of sp³-hybridized carbons (Fsp3) is 0.400. The predicted molar refractivity (Wildman–Crippen MR) is 91.9 cm³/mol. The van der Waals surface area contributed by atoms with Crippen molar-refractivity contribution >= 4 is 0 Å². The highest BCUT2D eigenvalue weighted by atomic mass is 14.9. The number of rotatable bonds is 6. The SMILES string of the molecule is CCNC(Cc1c(C)cccc1C)C(C)c1ccccc1. The quantitative estimate of drug-likeness (QED) is 0.814. The molecule has 1 nitrogen and oxygen atoms in total. The maximum atomic E-state index is 3.68. The first-order valence-corrected chi connectivity index (χ1v) is 7.97. The van der Waals surface area contributed by atoms with Gasteiger partial charge in [-0.2, -0.15) is 0 Å². The summed E-state index contributed by atoms with van der Waals surface area (Å²) in [4.78, 5) is 0. The molecule has 2 rings (SSSR count). The molecule has 2 atom stereocenters. The van der Waals surface area contributed by atoms with Crippen molar-refractivity contribution in [1.29, 1.82) is 0 Å². The Balaban J connectivity index is 2.23. The largest absolute Gasteiger partial charge is 0.313 e. The molecule has 0 aliphatic carbocycles. The third-order valence-electron chi connectivity index (χ3n) is 4.46. The molecule has 2 aromatic carbocycles. The van der Waals surface area contributed by atoms with Crippen LogP contribution in [0.5, 0.6) is 0 Å². The molecule has 2 aromatic rings. The second-order valence-electron chi connectivity index (χ2n) is 5.94. The van der Waals surface area contributed by atoms with Crippen molar-refractivity contribution < 1.29 is 0 Å². The Labute approximate surface area is 129 Å². The van der Waals surface area contributed by atoms with Gasteiger partial charge in [-0.05, 0) is 55.0 Å². The monoisotopic (exact) mass is 281 g/mol. The molecule has 0 radical (unpaired) electrons. The summed E-state index contributed by atoms with van der Waals surface area (Å²) in [6.45, 7) is 9.97. The molecule has 0 bridgehead atoms. The third-order valence-corrected chi connectivity index (χ3v) is 4.46. The Bertz CT molecular complexity index is 539. The van der Waals surface area contributed by atoms with E-state index in [1.807, 2.05) is 0 Å².